The second-order valence-electron chi connectivity index (χ2n) is 5.21. The van der Waals surface area contributed by atoms with E-state index >= 15 is 0 Å². The van der Waals surface area contributed by atoms with Crippen LogP contribution in [0.25, 0.3) is 0 Å². The van der Waals surface area contributed by atoms with E-state index in [1.165, 1.54) is 0 Å². The molecule has 1 rings (SSSR count). The predicted octanol–water partition coefficient (Wildman–Crippen LogP) is 1.49. The summed E-state index contributed by atoms with van der Waals surface area (Å²) < 4.78 is 0. The third-order valence-electron chi connectivity index (χ3n) is 3.06. The van der Waals surface area contributed by atoms with Crippen molar-refractivity contribution in [1.29, 1.82) is 0 Å². The molecule has 0 aromatic heterocycles. The second kappa shape index (κ2) is 3.35. The van der Waals surface area contributed by atoms with Crippen LogP contribution in [0.2, 0.25) is 0 Å². The van der Waals surface area contributed by atoms with E-state index in [4.69, 9.17) is 11.5 Å². The van der Waals surface area contributed by atoms with Crippen molar-refractivity contribution in [2.24, 2.45) is 22.8 Å². The van der Waals surface area contributed by atoms with Gasteiger partial charge in [0.05, 0.1) is 0 Å². The molecule has 0 saturated heterocycles. The summed E-state index contributed by atoms with van der Waals surface area (Å²) in [6.07, 6.45) is 3.31. The topological polar surface area (TPSA) is 52.0 Å². The minimum Gasteiger partial charge on any atom is -0.328 e. The van der Waals surface area contributed by atoms with Crippen LogP contribution in [-0.4, -0.2) is 12.1 Å². The maximum absolute atomic E-state index is 6.07. The maximum atomic E-state index is 6.07. The minimum absolute atomic E-state index is 0.317. The number of hydrogen-bond acceptors (Lipinski definition) is 2. The molecule has 3 unspecified atom stereocenters. The normalized spacial score (nSPS) is 38.2. The van der Waals surface area contributed by atoms with Gasteiger partial charge >= 0.3 is 0 Å². The largest absolute Gasteiger partial charge is 0.328 e. The Morgan fingerprint density at radius 2 is 1.67 bits per heavy atom. The molecular weight excluding hydrogens is 148 g/mol. The van der Waals surface area contributed by atoms with Gasteiger partial charge in [-0.05, 0) is 30.6 Å². The van der Waals surface area contributed by atoms with E-state index in [2.05, 4.69) is 20.8 Å². The van der Waals surface area contributed by atoms with E-state index in [1.807, 2.05) is 0 Å². The van der Waals surface area contributed by atoms with Gasteiger partial charge in [0.15, 0.2) is 0 Å². The van der Waals surface area contributed by atoms with Gasteiger partial charge in [0, 0.05) is 12.1 Å². The number of hydrogen-bond donors (Lipinski definition) is 2. The fourth-order valence-corrected chi connectivity index (χ4v) is 2.22. The third-order valence-corrected chi connectivity index (χ3v) is 3.06. The Balaban J connectivity index is 2.61. The fourth-order valence-electron chi connectivity index (χ4n) is 2.22. The monoisotopic (exact) mass is 170 g/mol. The molecule has 2 heteroatoms. The molecule has 1 aliphatic rings. The zero-order valence-electron chi connectivity index (χ0n) is 8.51. The molecule has 0 heterocycles. The summed E-state index contributed by atoms with van der Waals surface area (Å²) in [4.78, 5) is 0. The summed E-state index contributed by atoms with van der Waals surface area (Å²) in [5, 5.41) is 0. The van der Waals surface area contributed by atoms with Crippen LogP contribution < -0.4 is 11.5 Å². The van der Waals surface area contributed by atoms with Crippen LogP contribution in [0.1, 0.15) is 40.0 Å². The Bertz CT molecular complexity index is 148. The molecule has 1 saturated carbocycles. The number of rotatable bonds is 0. The Morgan fingerprint density at radius 1 is 1.08 bits per heavy atom. The van der Waals surface area contributed by atoms with Crippen LogP contribution >= 0.6 is 0 Å². The van der Waals surface area contributed by atoms with E-state index < -0.39 is 0 Å². The second-order valence-corrected chi connectivity index (χ2v) is 5.21. The van der Waals surface area contributed by atoms with Crippen LogP contribution in [0.15, 0.2) is 0 Å². The third kappa shape index (κ3) is 2.20. The van der Waals surface area contributed by atoms with E-state index in [0.717, 1.165) is 19.3 Å². The van der Waals surface area contributed by atoms with Crippen LogP contribution in [-0.2, 0) is 0 Å². The zero-order chi connectivity index (χ0) is 9.35. The molecule has 1 aliphatic carbocycles. The summed E-state index contributed by atoms with van der Waals surface area (Å²) in [6.45, 7) is 6.78. The number of nitrogens with two attached hydrogens (primary N) is 2. The van der Waals surface area contributed by atoms with E-state index in [0.29, 0.717) is 23.4 Å². The van der Waals surface area contributed by atoms with Gasteiger partial charge in [-0.2, -0.15) is 0 Å². The standard InChI is InChI=1S/C10H22N2/c1-10(2,3)8-6-7(11)4-5-9(8)12/h7-9H,4-6,11-12H2,1-3H3. The minimum atomic E-state index is 0.317. The molecule has 1 fully saturated rings. The molecule has 3 atom stereocenters. The van der Waals surface area contributed by atoms with Crippen molar-refractivity contribution >= 4 is 0 Å². The van der Waals surface area contributed by atoms with Crippen LogP contribution in [0.4, 0.5) is 0 Å². The van der Waals surface area contributed by atoms with E-state index in [9.17, 15) is 0 Å². The predicted molar refractivity (Wildman–Crippen MR) is 52.7 cm³/mol. The summed E-state index contributed by atoms with van der Waals surface area (Å²) >= 11 is 0. The van der Waals surface area contributed by atoms with E-state index in [1.54, 1.807) is 0 Å². The molecule has 0 bridgehead atoms. The molecule has 72 valence electrons. The lowest BCUT2D eigenvalue weighted by Crippen LogP contribution is -2.46. The fraction of sp³-hybridized carbons (Fsp3) is 1.00. The Morgan fingerprint density at radius 3 is 2.08 bits per heavy atom. The summed E-state index contributed by atoms with van der Waals surface area (Å²) in [7, 11) is 0. The van der Waals surface area contributed by atoms with Gasteiger partial charge in [0.1, 0.15) is 0 Å². The first-order valence-electron chi connectivity index (χ1n) is 4.92. The van der Waals surface area contributed by atoms with Crippen molar-refractivity contribution in [2.45, 2.75) is 52.1 Å². The highest BCUT2D eigenvalue weighted by molar-refractivity contribution is 4.90. The first-order valence-corrected chi connectivity index (χ1v) is 4.92. The molecule has 2 nitrogen and oxygen atoms in total. The van der Waals surface area contributed by atoms with Gasteiger partial charge in [-0.15, -0.1) is 0 Å². The lowest BCUT2D eigenvalue weighted by atomic mass is 9.68. The average Bonchev–Trinajstić information content (AvgIpc) is 1.92. The van der Waals surface area contributed by atoms with Crippen molar-refractivity contribution < 1.29 is 0 Å². The lowest BCUT2D eigenvalue weighted by Gasteiger charge is -2.40. The van der Waals surface area contributed by atoms with Crippen molar-refractivity contribution in [2.75, 3.05) is 0 Å². The van der Waals surface area contributed by atoms with E-state index in [-0.39, 0.29) is 0 Å². The summed E-state index contributed by atoms with van der Waals surface area (Å²) in [5.74, 6) is 0.598. The van der Waals surface area contributed by atoms with Gasteiger partial charge in [0.2, 0.25) is 0 Å². The highest BCUT2D eigenvalue weighted by Crippen LogP contribution is 2.36. The quantitative estimate of drug-likeness (QED) is 0.578. The maximum Gasteiger partial charge on any atom is 0.00733 e. The van der Waals surface area contributed by atoms with Crippen molar-refractivity contribution in [3.63, 3.8) is 0 Å². The van der Waals surface area contributed by atoms with Gasteiger partial charge in [-0.1, -0.05) is 20.8 Å². The van der Waals surface area contributed by atoms with Crippen LogP contribution in [0.3, 0.4) is 0 Å². The van der Waals surface area contributed by atoms with Gasteiger partial charge in [-0.3, -0.25) is 0 Å². The average molecular weight is 170 g/mol. The molecule has 4 N–H and O–H groups in total. The van der Waals surface area contributed by atoms with Crippen molar-refractivity contribution in [3.8, 4) is 0 Å². The van der Waals surface area contributed by atoms with Gasteiger partial charge < -0.3 is 11.5 Å². The Labute approximate surface area is 75.7 Å². The molecule has 0 radical (unpaired) electrons. The Kier molecular flexibility index (Phi) is 2.79. The first-order chi connectivity index (χ1) is 5.41. The van der Waals surface area contributed by atoms with Crippen molar-refractivity contribution in [3.05, 3.63) is 0 Å². The molecule has 0 aromatic carbocycles. The van der Waals surface area contributed by atoms with Gasteiger partial charge in [-0.25, -0.2) is 0 Å². The van der Waals surface area contributed by atoms with Gasteiger partial charge in [0.25, 0.3) is 0 Å². The van der Waals surface area contributed by atoms with Crippen LogP contribution in [0, 0.1) is 11.3 Å². The molecule has 12 heavy (non-hydrogen) atoms. The molecule has 0 aromatic rings. The SMILES string of the molecule is CC(C)(C)C1CC(N)CCC1N. The first kappa shape index (κ1) is 10.0. The molecular formula is C10H22N2. The molecule has 0 amide bonds. The zero-order valence-corrected chi connectivity index (χ0v) is 8.51. The van der Waals surface area contributed by atoms with Crippen molar-refractivity contribution in [1.82, 2.24) is 0 Å². The summed E-state index contributed by atoms with van der Waals surface area (Å²) in [6, 6.07) is 0.749. The highest BCUT2D eigenvalue weighted by Gasteiger charge is 2.34. The molecule has 0 spiro atoms. The molecule has 0 aliphatic heterocycles. The summed E-state index contributed by atoms with van der Waals surface area (Å²) in [5.41, 5.74) is 12.3. The van der Waals surface area contributed by atoms with Crippen LogP contribution in [0.5, 0.6) is 0 Å². The highest BCUT2D eigenvalue weighted by atomic mass is 14.7. The smallest absolute Gasteiger partial charge is 0.00733 e. The lowest BCUT2D eigenvalue weighted by molar-refractivity contribution is 0.141. The Hall–Kier alpha value is -0.0800.